The van der Waals surface area contributed by atoms with Crippen molar-refractivity contribution < 1.29 is 0 Å². The van der Waals surface area contributed by atoms with Crippen LogP contribution in [-0.2, 0) is 0 Å². The van der Waals surface area contributed by atoms with Crippen molar-refractivity contribution in [1.29, 1.82) is 0 Å². The molecule has 4 heteroatoms. The summed E-state index contributed by atoms with van der Waals surface area (Å²) in [6, 6.07) is 9.08. The van der Waals surface area contributed by atoms with Gasteiger partial charge < -0.3 is 15.1 Å². The van der Waals surface area contributed by atoms with E-state index in [2.05, 4.69) is 48.3 Å². The number of nitrogens with one attached hydrogen (secondary N) is 1. The molecule has 2 atom stereocenters. The second-order valence-corrected chi connectivity index (χ2v) is 5.73. The van der Waals surface area contributed by atoms with Crippen molar-refractivity contribution in [1.82, 2.24) is 10.2 Å². The molecule has 3 nitrogen and oxygen atoms in total. The van der Waals surface area contributed by atoms with E-state index in [1.807, 2.05) is 12.1 Å². The van der Waals surface area contributed by atoms with Crippen LogP contribution in [0.4, 0.5) is 5.69 Å². The van der Waals surface area contributed by atoms with Gasteiger partial charge in [-0.3, -0.25) is 0 Å². The van der Waals surface area contributed by atoms with Crippen molar-refractivity contribution >= 4 is 17.3 Å². The van der Waals surface area contributed by atoms with E-state index in [4.69, 9.17) is 11.6 Å². The Morgan fingerprint density at radius 1 is 1.39 bits per heavy atom. The average Bonchev–Trinajstić information content (AvgIpc) is 2.32. The molecule has 2 rings (SSSR count). The Kier molecular flexibility index (Phi) is 4.49. The number of benzene rings is 1. The number of para-hydroxylation sites is 1. The van der Waals surface area contributed by atoms with E-state index in [-0.39, 0.29) is 0 Å². The fourth-order valence-corrected chi connectivity index (χ4v) is 2.76. The molecule has 18 heavy (non-hydrogen) atoms. The zero-order valence-electron chi connectivity index (χ0n) is 11.4. The lowest BCUT2D eigenvalue weighted by molar-refractivity contribution is 0.307. The number of rotatable bonds is 3. The highest BCUT2D eigenvalue weighted by Gasteiger charge is 2.26. The smallest absolute Gasteiger partial charge is 0.0639 e. The summed E-state index contributed by atoms with van der Waals surface area (Å²) in [5.41, 5.74) is 1.15. The quantitative estimate of drug-likeness (QED) is 0.905. The molecule has 0 radical (unpaired) electrons. The summed E-state index contributed by atoms with van der Waals surface area (Å²) in [7, 11) is 4.22. The molecule has 1 saturated heterocycles. The van der Waals surface area contributed by atoms with Crippen molar-refractivity contribution in [2.75, 3.05) is 38.6 Å². The van der Waals surface area contributed by atoms with Gasteiger partial charge in [-0.15, -0.1) is 0 Å². The molecule has 0 bridgehead atoms. The number of halogens is 1. The Morgan fingerprint density at radius 2 is 2.11 bits per heavy atom. The van der Waals surface area contributed by atoms with Crippen LogP contribution in [0, 0.1) is 0 Å². The zero-order valence-corrected chi connectivity index (χ0v) is 12.1. The predicted octanol–water partition coefficient (Wildman–Crippen LogP) is 2.07. The van der Waals surface area contributed by atoms with Gasteiger partial charge >= 0.3 is 0 Å². The molecule has 0 aromatic heterocycles. The number of anilines is 1. The van der Waals surface area contributed by atoms with E-state index in [0.29, 0.717) is 12.1 Å². The Morgan fingerprint density at radius 3 is 2.78 bits per heavy atom. The first-order valence-corrected chi connectivity index (χ1v) is 6.85. The second-order valence-electron chi connectivity index (χ2n) is 5.32. The number of likely N-dealkylation sites (N-methyl/N-ethyl adjacent to an activating group) is 1. The number of piperazine rings is 1. The molecule has 0 spiro atoms. The minimum Gasteiger partial charge on any atom is -0.365 e. The molecule has 1 N–H and O–H groups in total. The summed E-state index contributed by atoms with van der Waals surface area (Å²) >= 11 is 6.30. The summed E-state index contributed by atoms with van der Waals surface area (Å²) in [5, 5.41) is 4.44. The minimum atomic E-state index is 0.475. The van der Waals surface area contributed by atoms with E-state index in [0.717, 1.165) is 30.3 Å². The van der Waals surface area contributed by atoms with Crippen LogP contribution >= 0.6 is 11.6 Å². The Bertz CT molecular complexity index is 394. The number of hydrogen-bond donors (Lipinski definition) is 1. The van der Waals surface area contributed by atoms with E-state index in [1.165, 1.54) is 0 Å². The van der Waals surface area contributed by atoms with Gasteiger partial charge in [0.2, 0.25) is 0 Å². The summed E-state index contributed by atoms with van der Waals surface area (Å²) in [6.45, 7) is 5.29. The predicted molar refractivity (Wildman–Crippen MR) is 78.6 cm³/mol. The molecule has 1 aliphatic heterocycles. The summed E-state index contributed by atoms with van der Waals surface area (Å²) in [4.78, 5) is 4.63. The van der Waals surface area contributed by atoms with Crippen molar-refractivity contribution in [2.24, 2.45) is 0 Å². The molecule has 1 fully saturated rings. The van der Waals surface area contributed by atoms with Crippen molar-refractivity contribution in [2.45, 2.75) is 19.0 Å². The van der Waals surface area contributed by atoms with Crippen LogP contribution in [0.5, 0.6) is 0 Å². The Balaban J connectivity index is 2.13. The van der Waals surface area contributed by atoms with Crippen LogP contribution in [-0.4, -0.2) is 50.7 Å². The fraction of sp³-hybridized carbons (Fsp3) is 0.571. The van der Waals surface area contributed by atoms with Gasteiger partial charge in [0.05, 0.1) is 10.7 Å². The molecule has 1 aliphatic rings. The van der Waals surface area contributed by atoms with E-state index < -0.39 is 0 Å². The first kappa shape index (κ1) is 13.7. The minimum absolute atomic E-state index is 0.475. The first-order valence-electron chi connectivity index (χ1n) is 6.47. The molecule has 100 valence electrons. The summed E-state index contributed by atoms with van der Waals surface area (Å²) < 4.78 is 0. The lowest BCUT2D eigenvalue weighted by Gasteiger charge is -2.41. The molecule has 1 aromatic carbocycles. The highest BCUT2D eigenvalue weighted by atomic mass is 35.5. The largest absolute Gasteiger partial charge is 0.365 e. The van der Waals surface area contributed by atoms with Gasteiger partial charge in [0.1, 0.15) is 0 Å². The van der Waals surface area contributed by atoms with Crippen molar-refractivity contribution in [3.8, 4) is 0 Å². The maximum atomic E-state index is 6.30. The van der Waals surface area contributed by atoms with Crippen molar-refractivity contribution in [3.63, 3.8) is 0 Å². The number of hydrogen-bond acceptors (Lipinski definition) is 3. The number of nitrogens with zero attached hydrogens (tertiary/aromatic N) is 2. The maximum Gasteiger partial charge on any atom is 0.0639 e. The zero-order chi connectivity index (χ0) is 13.1. The van der Waals surface area contributed by atoms with Gasteiger partial charge in [-0.2, -0.15) is 0 Å². The third-order valence-electron chi connectivity index (χ3n) is 3.40. The summed E-state index contributed by atoms with van der Waals surface area (Å²) in [5.74, 6) is 0. The standard InChI is InChI=1S/C14H22ClN3/c1-11-8-16-12(9-17(2)3)10-18(11)14-7-5-4-6-13(14)15/h4-7,11-12,16H,8-10H2,1-3H3. The molecular weight excluding hydrogens is 246 g/mol. The van der Waals surface area contributed by atoms with Crippen LogP contribution in [0.15, 0.2) is 24.3 Å². The van der Waals surface area contributed by atoms with Crippen LogP contribution in [0.2, 0.25) is 5.02 Å². The van der Waals surface area contributed by atoms with Crippen LogP contribution < -0.4 is 10.2 Å². The van der Waals surface area contributed by atoms with Crippen LogP contribution in [0.3, 0.4) is 0 Å². The van der Waals surface area contributed by atoms with E-state index in [9.17, 15) is 0 Å². The molecule has 2 unspecified atom stereocenters. The van der Waals surface area contributed by atoms with Gasteiger partial charge in [-0.05, 0) is 33.2 Å². The highest BCUT2D eigenvalue weighted by Crippen LogP contribution is 2.28. The lowest BCUT2D eigenvalue weighted by Crippen LogP contribution is -2.58. The molecule has 0 amide bonds. The molecule has 1 heterocycles. The van der Waals surface area contributed by atoms with Crippen LogP contribution in [0.1, 0.15) is 6.92 Å². The Hall–Kier alpha value is -0.770. The van der Waals surface area contributed by atoms with Gasteiger partial charge in [-0.25, -0.2) is 0 Å². The van der Waals surface area contributed by atoms with Gasteiger partial charge in [0.25, 0.3) is 0 Å². The monoisotopic (exact) mass is 267 g/mol. The van der Waals surface area contributed by atoms with E-state index >= 15 is 0 Å². The summed E-state index contributed by atoms with van der Waals surface area (Å²) in [6.07, 6.45) is 0. The Labute approximate surface area is 115 Å². The van der Waals surface area contributed by atoms with Crippen molar-refractivity contribution in [3.05, 3.63) is 29.3 Å². The fourth-order valence-electron chi connectivity index (χ4n) is 2.51. The molecule has 1 aromatic rings. The lowest BCUT2D eigenvalue weighted by atomic mass is 10.1. The second kappa shape index (κ2) is 5.91. The first-order chi connectivity index (χ1) is 8.58. The topological polar surface area (TPSA) is 18.5 Å². The third kappa shape index (κ3) is 3.16. The van der Waals surface area contributed by atoms with Crippen LogP contribution in [0.25, 0.3) is 0 Å². The molecule has 0 saturated carbocycles. The van der Waals surface area contributed by atoms with Gasteiger partial charge in [0, 0.05) is 31.7 Å². The van der Waals surface area contributed by atoms with E-state index in [1.54, 1.807) is 0 Å². The average molecular weight is 268 g/mol. The molecule has 0 aliphatic carbocycles. The normalized spacial score (nSPS) is 24.6. The SMILES string of the molecule is CC1CNC(CN(C)C)CN1c1ccccc1Cl. The van der Waals surface area contributed by atoms with Gasteiger partial charge in [0.15, 0.2) is 0 Å². The third-order valence-corrected chi connectivity index (χ3v) is 3.72. The molecular formula is C14H22ClN3. The highest BCUT2D eigenvalue weighted by molar-refractivity contribution is 6.33. The van der Waals surface area contributed by atoms with Gasteiger partial charge in [-0.1, -0.05) is 23.7 Å². The maximum absolute atomic E-state index is 6.30.